The highest BCUT2D eigenvalue weighted by atomic mass is 16.4. The van der Waals surface area contributed by atoms with Gasteiger partial charge in [0.25, 0.3) is 0 Å². The first kappa shape index (κ1) is 16.3. The maximum atomic E-state index is 11.3. The van der Waals surface area contributed by atoms with E-state index in [0.717, 1.165) is 5.56 Å². The molecule has 0 radical (unpaired) electrons. The summed E-state index contributed by atoms with van der Waals surface area (Å²) in [6.07, 6.45) is 5.22. The number of phenolic OH excluding ortho intramolecular Hbond substituents is 1. The Balaban J connectivity index is 2.73. The number of para-hydroxylation sites is 1. The fourth-order valence-electron chi connectivity index (χ4n) is 3.34. The van der Waals surface area contributed by atoms with Crippen LogP contribution in [0.4, 0.5) is 0 Å². The number of carboxylic acid groups (broad SMARTS) is 1. The molecule has 0 saturated carbocycles. The van der Waals surface area contributed by atoms with Crippen LogP contribution in [0.15, 0.2) is 48.1 Å². The first-order valence-electron chi connectivity index (χ1n) is 7.45. The summed E-state index contributed by atoms with van der Waals surface area (Å²) in [4.78, 5) is 11.3. The first-order valence-corrected chi connectivity index (χ1v) is 7.45. The van der Waals surface area contributed by atoms with Gasteiger partial charge in [0.15, 0.2) is 0 Å². The Morgan fingerprint density at radius 1 is 1.18 bits per heavy atom. The standard InChI is InChI=1S/C19H24O3/c1-17(2,3)19(5)12-13(16(21)22)10-11-18(19,4)14-8-6-7-9-15(14)20/h6-12,20H,1-5H3,(H,21,22)/p-1. The fourth-order valence-corrected chi connectivity index (χ4v) is 3.34. The maximum absolute atomic E-state index is 11.3. The van der Waals surface area contributed by atoms with E-state index in [1.807, 2.05) is 32.1 Å². The highest BCUT2D eigenvalue weighted by molar-refractivity contribution is 5.89. The van der Waals surface area contributed by atoms with Gasteiger partial charge in [0, 0.05) is 16.4 Å². The minimum atomic E-state index is -1.17. The van der Waals surface area contributed by atoms with Crippen LogP contribution in [0.3, 0.4) is 0 Å². The lowest BCUT2D eigenvalue weighted by Crippen LogP contribution is -2.49. The van der Waals surface area contributed by atoms with E-state index >= 15 is 0 Å². The Hall–Kier alpha value is -2.03. The molecular weight excluding hydrogens is 276 g/mol. The fraction of sp³-hybridized carbons (Fsp3) is 0.421. The van der Waals surface area contributed by atoms with Crippen molar-refractivity contribution in [3.63, 3.8) is 0 Å². The number of allylic oxidation sites excluding steroid dienone is 2. The summed E-state index contributed by atoms with van der Waals surface area (Å²) in [5.41, 5.74) is -0.295. The predicted molar refractivity (Wildman–Crippen MR) is 85.3 cm³/mol. The molecule has 3 nitrogen and oxygen atoms in total. The average Bonchev–Trinajstić information content (AvgIpc) is 2.41. The van der Waals surface area contributed by atoms with Crippen molar-refractivity contribution in [3.05, 3.63) is 53.6 Å². The molecule has 2 rings (SSSR count). The predicted octanol–water partition coefficient (Wildman–Crippen LogP) is 2.95. The zero-order valence-electron chi connectivity index (χ0n) is 13.8. The molecule has 1 aromatic rings. The van der Waals surface area contributed by atoms with Crippen LogP contribution < -0.4 is 5.11 Å². The second-order valence-corrected chi connectivity index (χ2v) is 7.39. The lowest BCUT2D eigenvalue weighted by molar-refractivity contribution is -0.298. The second kappa shape index (κ2) is 5.01. The lowest BCUT2D eigenvalue weighted by Gasteiger charge is -2.54. The third-order valence-electron chi connectivity index (χ3n) is 5.38. The molecule has 22 heavy (non-hydrogen) atoms. The molecule has 0 heterocycles. The molecule has 0 saturated heterocycles. The van der Waals surface area contributed by atoms with Crippen LogP contribution in [0.25, 0.3) is 0 Å². The zero-order valence-corrected chi connectivity index (χ0v) is 13.8. The van der Waals surface area contributed by atoms with Gasteiger partial charge in [-0.05, 0) is 17.1 Å². The molecule has 2 atom stereocenters. The van der Waals surface area contributed by atoms with Gasteiger partial charge in [-0.25, -0.2) is 0 Å². The largest absolute Gasteiger partial charge is 0.545 e. The highest BCUT2D eigenvalue weighted by Crippen LogP contribution is 2.58. The molecule has 0 amide bonds. The average molecular weight is 299 g/mol. The van der Waals surface area contributed by atoms with Crippen molar-refractivity contribution < 1.29 is 15.0 Å². The van der Waals surface area contributed by atoms with Crippen LogP contribution in [0.2, 0.25) is 0 Å². The monoisotopic (exact) mass is 299 g/mol. The number of benzene rings is 1. The molecule has 3 heteroatoms. The van der Waals surface area contributed by atoms with E-state index in [1.54, 1.807) is 24.3 Å². The summed E-state index contributed by atoms with van der Waals surface area (Å²) in [5, 5.41) is 21.6. The number of hydrogen-bond donors (Lipinski definition) is 1. The van der Waals surface area contributed by atoms with Gasteiger partial charge in [-0.2, -0.15) is 0 Å². The highest BCUT2D eigenvalue weighted by Gasteiger charge is 2.52. The quantitative estimate of drug-likeness (QED) is 0.913. The van der Waals surface area contributed by atoms with Crippen LogP contribution >= 0.6 is 0 Å². The number of phenols is 1. The smallest absolute Gasteiger partial charge is 0.119 e. The molecule has 2 unspecified atom stereocenters. The Morgan fingerprint density at radius 3 is 2.27 bits per heavy atom. The SMILES string of the molecule is CC(C)(C)C1(C)C=C(C(=O)[O-])C=CC1(C)c1ccccc1O. The van der Waals surface area contributed by atoms with Crippen LogP contribution in [-0.4, -0.2) is 11.1 Å². The molecule has 0 aromatic heterocycles. The minimum Gasteiger partial charge on any atom is -0.545 e. The van der Waals surface area contributed by atoms with Crippen molar-refractivity contribution in [1.82, 2.24) is 0 Å². The lowest BCUT2D eigenvalue weighted by atomic mass is 9.50. The third-order valence-corrected chi connectivity index (χ3v) is 5.38. The van der Waals surface area contributed by atoms with Gasteiger partial charge >= 0.3 is 0 Å². The van der Waals surface area contributed by atoms with Crippen LogP contribution in [0.1, 0.15) is 40.2 Å². The van der Waals surface area contributed by atoms with E-state index in [0.29, 0.717) is 0 Å². The van der Waals surface area contributed by atoms with Crippen molar-refractivity contribution in [3.8, 4) is 5.75 Å². The van der Waals surface area contributed by atoms with E-state index in [2.05, 4.69) is 20.8 Å². The number of hydrogen-bond acceptors (Lipinski definition) is 3. The van der Waals surface area contributed by atoms with Crippen LogP contribution in [0, 0.1) is 10.8 Å². The van der Waals surface area contributed by atoms with E-state index in [4.69, 9.17) is 0 Å². The molecule has 118 valence electrons. The van der Waals surface area contributed by atoms with Crippen molar-refractivity contribution >= 4 is 5.97 Å². The van der Waals surface area contributed by atoms with Crippen molar-refractivity contribution in [2.45, 2.75) is 40.0 Å². The molecule has 1 aliphatic rings. The molecule has 1 aromatic carbocycles. The van der Waals surface area contributed by atoms with E-state index < -0.39 is 16.8 Å². The number of carbonyl (C=O) groups excluding carboxylic acids is 1. The summed E-state index contributed by atoms with van der Waals surface area (Å²) in [5.74, 6) is -0.957. The maximum Gasteiger partial charge on any atom is 0.119 e. The Labute approximate surface area is 132 Å². The number of aromatic hydroxyl groups is 1. The summed E-state index contributed by atoms with van der Waals surface area (Å²) in [6.45, 7) is 10.3. The van der Waals surface area contributed by atoms with Crippen molar-refractivity contribution in [2.24, 2.45) is 10.8 Å². The topological polar surface area (TPSA) is 60.4 Å². The van der Waals surface area contributed by atoms with Gasteiger partial charge in [0.1, 0.15) is 5.75 Å². The normalized spacial score (nSPS) is 28.3. The molecule has 0 aliphatic heterocycles. The Bertz CT molecular complexity index is 664. The Morgan fingerprint density at radius 2 is 1.77 bits per heavy atom. The number of aliphatic carboxylic acids is 1. The second-order valence-electron chi connectivity index (χ2n) is 7.39. The minimum absolute atomic E-state index is 0.185. The molecule has 1 N–H and O–H groups in total. The van der Waals surface area contributed by atoms with Gasteiger partial charge in [0.2, 0.25) is 0 Å². The molecule has 0 bridgehead atoms. The van der Waals surface area contributed by atoms with E-state index in [1.165, 1.54) is 0 Å². The van der Waals surface area contributed by atoms with Crippen molar-refractivity contribution in [2.75, 3.05) is 0 Å². The van der Waals surface area contributed by atoms with Gasteiger partial charge in [0.05, 0.1) is 5.97 Å². The zero-order chi connectivity index (χ0) is 16.8. The third kappa shape index (κ3) is 2.25. The Kier molecular flexibility index (Phi) is 3.72. The summed E-state index contributed by atoms with van der Waals surface area (Å²) < 4.78 is 0. The van der Waals surface area contributed by atoms with Gasteiger partial charge in [-0.15, -0.1) is 0 Å². The number of carbonyl (C=O) groups is 1. The summed E-state index contributed by atoms with van der Waals surface area (Å²) in [6, 6.07) is 7.22. The number of carboxylic acids is 1. The van der Waals surface area contributed by atoms with E-state index in [-0.39, 0.29) is 16.7 Å². The van der Waals surface area contributed by atoms with E-state index in [9.17, 15) is 15.0 Å². The van der Waals surface area contributed by atoms with Crippen molar-refractivity contribution in [1.29, 1.82) is 0 Å². The number of rotatable bonds is 2. The van der Waals surface area contributed by atoms with Gasteiger partial charge < -0.3 is 15.0 Å². The molecule has 0 spiro atoms. The summed E-state index contributed by atoms with van der Waals surface area (Å²) >= 11 is 0. The van der Waals surface area contributed by atoms with Crippen LogP contribution in [-0.2, 0) is 10.2 Å². The molecule has 0 fully saturated rings. The molecule has 1 aliphatic carbocycles. The van der Waals surface area contributed by atoms with Gasteiger partial charge in [-0.1, -0.05) is 71.0 Å². The van der Waals surface area contributed by atoms with Gasteiger partial charge in [-0.3, -0.25) is 0 Å². The molecular formula is C19H23O3-. The van der Waals surface area contributed by atoms with Crippen LogP contribution in [0.5, 0.6) is 5.75 Å². The summed E-state index contributed by atoms with van der Waals surface area (Å²) in [7, 11) is 0. The first-order chi connectivity index (χ1) is 10.0.